The molecule has 2 heterocycles. The van der Waals surface area contributed by atoms with E-state index in [0.717, 1.165) is 0 Å². The fourth-order valence-corrected chi connectivity index (χ4v) is 1.22. The second-order valence-electron chi connectivity index (χ2n) is 3.07. The second-order valence-corrected chi connectivity index (χ2v) is 3.07. The van der Waals surface area contributed by atoms with Gasteiger partial charge in [0.15, 0.2) is 0 Å². The number of hydrazine groups is 1. The fraction of sp³-hybridized carbons (Fsp3) is 0.250. The van der Waals surface area contributed by atoms with Gasteiger partial charge in [-0.05, 0) is 12.1 Å². The van der Waals surface area contributed by atoms with Crippen LogP contribution in [0.3, 0.4) is 0 Å². The van der Waals surface area contributed by atoms with Crippen molar-refractivity contribution in [1.29, 1.82) is 0 Å². The zero-order chi connectivity index (χ0) is 10.1. The van der Waals surface area contributed by atoms with E-state index in [-0.39, 0.29) is 11.2 Å². The number of hydrogen-bond acceptors (Lipinski definition) is 5. The lowest BCUT2D eigenvalue weighted by atomic mass is 10.4. The highest BCUT2D eigenvalue weighted by molar-refractivity contribution is 5.83. The third-order valence-corrected chi connectivity index (χ3v) is 1.93. The monoisotopic (exact) mass is 193 g/mol. The Morgan fingerprint density at radius 2 is 2.43 bits per heavy atom. The van der Waals surface area contributed by atoms with Gasteiger partial charge in [0, 0.05) is 13.2 Å². The fourth-order valence-electron chi connectivity index (χ4n) is 1.22. The molecular weight excluding hydrogens is 182 g/mol. The van der Waals surface area contributed by atoms with Gasteiger partial charge in [-0.1, -0.05) is 0 Å². The number of pyridine rings is 1. The zero-order valence-corrected chi connectivity index (χ0v) is 7.77. The lowest BCUT2D eigenvalue weighted by Crippen LogP contribution is -2.40. The Morgan fingerprint density at radius 1 is 1.64 bits per heavy atom. The molecule has 0 amide bonds. The van der Waals surface area contributed by atoms with Gasteiger partial charge in [-0.15, -0.1) is 0 Å². The van der Waals surface area contributed by atoms with Crippen molar-refractivity contribution < 1.29 is 0 Å². The second kappa shape index (κ2) is 3.15. The van der Waals surface area contributed by atoms with Crippen LogP contribution in [-0.2, 0) is 0 Å². The van der Waals surface area contributed by atoms with Crippen molar-refractivity contribution in [3.8, 4) is 0 Å². The normalized spacial score (nSPS) is 16.5. The van der Waals surface area contributed by atoms with E-state index in [1.807, 2.05) is 7.05 Å². The quantitative estimate of drug-likeness (QED) is 0.556. The predicted octanol–water partition coefficient (Wildman–Crippen LogP) is -0.958. The lowest BCUT2D eigenvalue weighted by Gasteiger charge is -2.10. The predicted molar refractivity (Wildman–Crippen MR) is 53.7 cm³/mol. The van der Waals surface area contributed by atoms with Crippen molar-refractivity contribution in [3.63, 3.8) is 0 Å². The molecule has 1 aliphatic rings. The summed E-state index contributed by atoms with van der Waals surface area (Å²) in [6.45, 7) is 0.524. The van der Waals surface area contributed by atoms with Crippen LogP contribution in [-0.4, -0.2) is 29.3 Å². The Balaban J connectivity index is 2.43. The maximum atomic E-state index is 11.6. The van der Waals surface area contributed by atoms with E-state index < -0.39 is 0 Å². The Kier molecular flexibility index (Phi) is 1.97. The van der Waals surface area contributed by atoms with E-state index in [1.165, 1.54) is 4.57 Å². The van der Waals surface area contributed by atoms with Gasteiger partial charge in [-0.3, -0.25) is 14.8 Å². The summed E-state index contributed by atoms with van der Waals surface area (Å²) in [6, 6.07) is 3.28. The summed E-state index contributed by atoms with van der Waals surface area (Å²) in [4.78, 5) is 15.7. The van der Waals surface area contributed by atoms with Gasteiger partial charge in [-0.2, -0.15) is 0 Å². The van der Waals surface area contributed by atoms with Gasteiger partial charge in [0.25, 0.3) is 5.56 Å². The first-order valence-electron chi connectivity index (χ1n) is 4.18. The van der Waals surface area contributed by atoms with Crippen molar-refractivity contribution in [1.82, 2.24) is 15.0 Å². The molecule has 6 nitrogen and oxygen atoms in total. The molecule has 1 aromatic rings. The number of nitrogens with zero attached hydrogens (tertiary/aromatic N) is 3. The van der Waals surface area contributed by atoms with Crippen molar-refractivity contribution >= 4 is 11.6 Å². The number of rotatable bonds is 0. The molecule has 74 valence electrons. The number of nitrogens with one attached hydrogen (secondary N) is 1. The molecule has 0 saturated carbocycles. The number of hydrogen-bond donors (Lipinski definition) is 2. The van der Waals surface area contributed by atoms with Gasteiger partial charge in [0.05, 0.1) is 5.69 Å². The molecule has 1 aliphatic heterocycles. The standard InChI is InChI=1S/C8H11N5O/c1-12-5-10-8(11-12)13-4-2-3-6(9)7(13)14/h2-4H,5,9H2,1H3,(H,10,11). The molecule has 0 bridgehead atoms. The van der Waals surface area contributed by atoms with Crippen molar-refractivity contribution in [3.05, 3.63) is 28.7 Å². The van der Waals surface area contributed by atoms with E-state index in [1.54, 1.807) is 23.3 Å². The van der Waals surface area contributed by atoms with Crippen molar-refractivity contribution in [2.45, 2.75) is 0 Å². The molecule has 0 unspecified atom stereocenters. The Hall–Kier alpha value is -1.82. The zero-order valence-electron chi connectivity index (χ0n) is 7.77. The molecule has 0 aliphatic carbocycles. The summed E-state index contributed by atoms with van der Waals surface area (Å²) in [6.07, 6.45) is 1.63. The highest BCUT2D eigenvalue weighted by Crippen LogP contribution is 1.95. The topological polar surface area (TPSA) is 75.6 Å². The van der Waals surface area contributed by atoms with Crippen molar-refractivity contribution in [2.75, 3.05) is 19.5 Å². The molecular formula is C8H11N5O. The van der Waals surface area contributed by atoms with Gasteiger partial charge >= 0.3 is 0 Å². The maximum absolute atomic E-state index is 11.6. The van der Waals surface area contributed by atoms with E-state index >= 15 is 0 Å². The van der Waals surface area contributed by atoms with Crippen LogP contribution >= 0.6 is 0 Å². The number of aromatic nitrogens is 1. The largest absolute Gasteiger partial charge is 0.394 e. The van der Waals surface area contributed by atoms with Crippen LogP contribution in [0.4, 0.5) is 5.69 Å². The SMILES string of the molecule is CN1CN=C(n2cccc(N)c2=O)N1. The van der Waals surface area contributed by atoms with Crippen LogP contribution < -0.4 is 16.7 Å². The van der Waals surface area contributed by atoms with Crippen LogP contribution in [0, 0.1) is 0 Å². The molecule has 0 fully saturated rings. The van der Waals surface area contributed by atoms with Gasteiger partial charge in [0.2, 0.25) is 5.96 Å². The number of nitrogens with two attached hydrogens (primary N) is 1. The summed E-state index contributed by atoms with van der Waals surface area (Å²) in [5.74, 6) is 0.504. The third-order valence-electron chi connectivity index (χ3n) is 1.93. The van der Waals surface area contributed by atoms with Crippen LogP contribution in [0.25, 0.3) is 0 Å². The van der Waals surface area contributed by atoms with E-state index in [2.05, 4.69) is 10.4 Å². The number of aliphatic imine (C=N–C) groups is 1. The third kappa shape index (κ3) is 1.35. The first-order valence-corrected chi connectivity index (χ1v) is 4.18. The summed E-state index contributed by atoms with van der Waals surface area (Å²) in [5, 5.41) is 1.77. The minimum absolute atomic E-state index is 0.214. The highest BCUT2D eigenvalue weighted by Gasteiger charge is 2.13. The van der Waals surface area contributed by atoms with Gasteiger partial charge in [0.1, 0.15) is 6.67 Å². The Morgan fingerprint density at radius 3 is 3.07 bits per heavy atom. The average molecular weight is 193 g/mol. The Labute approximate surface area is 80.6 Å². The lowest BCUT2D eigenvalue weighted by molar-refractivity contribution is 0.329. The molecule has 0 atom stereocenters. The van der Waals surface area contributed by atoms with E-state index in [4.69, 9.17) is 5.73 Å². The average Bonchev–Trinajstić information content (AvgIpc) is 2.57. The minimum atomic E-state index is -0.256. The number of anilines is 1. The van der Waals surface area contributed by atoms with Gasteiger partial charge < -0.3 is 5.73 Å². The van der Waals surface area contributed by atoms with Crippen LogP contribution in [0.1, 0.15) is 0 Å². The van der Waals surface area contributed by atoms with E-state index in [0.29, 0.717) is 12.6 Å². The molecule has 1 aromatic heterocycles. The van der Waals surface area contributed by atoms with Crippen molar-refractivity contribution in [2.24, 2.45) is 4.99 Å². The van der Waals surface area contributed by atoms with Crippen LogP contribution in [0.15, 0.2) is 28.1 Å². The molecule has 2 rings (SSSR count). The molecule has 0 radical (unpaired) electrons. The first-order chi connectivity index (χ1) is 6.68. The molecule has 0 spiro atoms. The molecule has 6 heteroatoms. The highest BCUT2D eigenvalue weighted by atomic mass is 16.1. The molecule has 14 heavy (non-hydrogen) atoms. The smallest absolute Gasteiger partial charge is 0.280 e. The van der Waals surface area contributed by atoms with Crippen LogP contribution in [0.2, 0.25) is 0 Å². The molecule has 3 N–H and O–H groups in total. The summed E-state index contributed by atoms with van der Waals surface area (Å²) in [5.41, 5.74) is 8.38. The Bertz CT molecular complexity index is 436. The van der Waals surface area contributed by atoms with Crippen LogP contribution in [0.5, 0.6) is 0 Å². The number of nitrogen functional groups attached to an aromatic ring is 1. The molecule has 0 aromatic carbocycles. The minimum Gasteiger partial charge on any atom is -0.394 e. The summed E-state index contributed by atoms with van der Waals surface area (Å²) in [7, 11) is 1.84. The first kappa shape index (κ1) is 8.76. The summed E-state index contributed by atoms with van der Waals surface area (Å²) >= 11 is 0. The summed E-state index contributed by atoms with van der Waals surface area (Å²) < 4.78 is 1.39. The van der Waals surface area contributed by atoms with E-state index in [9.17, 15) is 4.79 Å². The molecule has 0 saturated heterocycles. The maximum Gasteiger partial charge on any atom is 0.280 e. The van der Waals surface area contributed by atoms with Gasteiger partial charge in [-0.25, -0.2) is 10.0 Å².